The number of carbonyl (C=O) groups excluding carboxylic acids is 3. The number of nitrogens with zero attached hydrogens (tertiary/aromatic N) is 1. The van der Waals surface area contributed by atoms with Crippen LogP contribution in [0.5, 0.6) is 0 Å². The van der Waals surface area contributed by atoms with Crippen LogP contribution in [-0.4, -0.2) is 28.8 Å². The highest BCUT2D eigenvalue weighted by atomic mass is 79.9. The van der Waals surface area contributed by atoms with Gasteiger partial charge in [-0.1, -0.05) is 47.0 Å². The molecule has 22 heavy (non-hydrogen) atoms. The predicted molar refractivity (Wildman–Crippen MR) is 84.8 cm³/mol. The van der Waals surface area contributed by atoms with E-state index in [1.165, 1.54) is 11.0 Å². The van der Waals surface area contributed by atoms with Gasteiger partial charge >= 0.3 is 6.03 Å². The number of benzene rings is 1. The van der Waals surface area contributed by atoms with Crippen LogP contribution in [0.2, 0.25) is 0 Å². The highest BCUT2D eigenvalue weighted by Crippen LogP contribution is 2.28. The van der Waals surface area contributed by atoms with Crippen LogP contribution in [0.15, 0.2) is 34.3 Å². The normalized spacial score (nSPS) is 21.6. The molecule has 0 atom stereocenters. The fourth-order valence-corrected chi connectivity index (χ4v) is 3.31. The molecule has 6 heteroatoms. The number of carbonyl (C=O) groups is 3. The molecule has 0 aromatic heterocycles. The fraction of sp³-hybridized carbons (Fsp3) is 0.312. The van der Waals surface area contributed by atoms with Gasteiger partial charge in [-0.15, -0.1) is 0 Å². The molecule has 5 nitrogen and oxygen atoms in total. The third kappa shape index (κ3) is 2.70. The minimum absolute atomic E-state index is 0.00148. The van der Waals surface area contributed by atoms with Crippen LogP contribution in [0.1, 0.15) is 31.2 Å². The van der Waals surface area contributed by atoms with Crippen molar-refractivity contribution < 1.29 is 14.4 Å². The molecular weight excluding hydrogens is 348 g/mol. The minimum atomic E-state index is -0.639. The van der Waals surface area contributed by atoms with E-state index in [0.29, 0.717) is 0 Å². The summed E-state index contributed by atoms with van der Waals surface area (Å²) in [6.07, 6.45) is 5.12. The van der Waals surface area contributed by atoms with Gasteiger partial charge in [0.2, 0.25) is 0 Å². The summed E-state index contributed by atoms with van der Waals surface area (Å²) in [6, 6.07) is 6.59. The smallest absolute Gasteiger partial charge is 0.273 e. The van der Waals surface area contributed by atoms with Crippen molar-refractivity contribution in [3.8, 4) is 0 Å². The third-order valence-corrected chi connectivity index (χ3v) is 4.75. The highest BCUT2D eigenvalue weighted by molar-refractivity contribution is 9.10. The first-order valence-electron chi connectivity index (χ1n) is 7.23. The zero-order valence-electron chi connectivity index (χ0n) is 11.8. The molecule has 1 saturated carbocycles. The highest BCUT2D eigenvalue weighted by Gasteiger charge is 2.40. The first-order chi connectivity index (χ1) is 10.6. The van der Waals surface area contributed by atoms with Crippen LogP contribution in [0, 0.1) is 0 Å². The Kier molecular flexibility index (Phi) is 4.11. The van der Waals surface area contributed by atoms with E-state index in [4.69, 9.17) is 0 Å². The van der Waals surface area contributed by atoms with Crippen LogP contribution in [0.4, 0.5) is 4.79 Å². The average molecular weight is 363 g/mol. The molecule has 114 valence electrons. The Hall–Kier alpha value is -1.95. The van der Waals surface area contributed by atoms with Gasteiger partial charge in [-0.05, 0) is 30.5 Å². The average Bonchev–Trinajstić information content (AvgIpc) is 2.99. The van der Waals surface area contributed by atoms with Gasteiger partial charge in [0.1, 0.15) is 5.57 Å². The Bertz CT molecular complexity index is 678. The van der Waals surface area contributed by atoms with E-state index < -0.39 is 17.8 Å². The number of hydrogen-bond donors (Lipinski definition) is 1. The second-order valence-corrected chi connectivity index (χ2v) is 6.31. The molecular formula is C16H15BrN2O3. The molecule has 1 saturated heterocycles. The number of nitrogens with one attached hydrogen (secondary N) is 1. The van der Waals surface area contributed by atoms with Crippen molar-refractivity contribution in [3.63, 3.8) is 0 Å². The van der Waals surface area contributed by atoms with Crippen LogP contribution in [0.25, 0.3) is 6.08 Å². The van der Waals surface area contributed by atoms with E-state index in [0.717, 1.165) is 35.7 Å². The van der Waals surface area contributed by atoms with Crippen molar-refractivity contribution in [2.75, 3.05) is 0 Å². The number of barbiturate groups is 1. The number of hydrogen-bond acceptors (Lipinski definition) is 3. The van der Waals surface area contributed by atoms with Crippen molar-refractivity contribution in [2.45, 2.75) is 31.7 Å². The molecule has 1 aromatic carbocycles. The number of rotatable bonds is 2. The molecule has 1 aromatic rings. The molecule has 4 amide bonds. The Labute approximate surface area is 136 Å². The maximum absolute atomic E-state index is 12.6. The summed E-state index contributed by atoms with van der Waals surface area (Å²) in [5.74, 6) is -1.14. The Morgan fingerprint density at radius 3 is 2.50 bits per heavy atom. The van der Waals surface area contributed by atoms with Crippen LogP contribution < -0.4 is 5.32 Å². The van der Waals surface area contributed by atoms with E-state index in [-0.39, 0.29) is 11.6 Å². The second kappa shape index (κ2) is 6.04. The van der Waals surface area contributed by atoms with Gasteiger partial charge in [-0.2, -0.15) is 0 Å². The molecule has 0 radical (unpaired) electrons. The van der Waals surface area contributed by atoms with Crippen LogP contribution >= 0.6 is 15.9 Å². The van der Waals surface area contributed by atoms with E-state index in [1.54, 1.807) is 6.07 Å². The maximum Gasteiger partial charge on any atom is 0.331 e. The van der Waals surface area contributed by atoms with Crippen molar-refractivity contribution >= 4 is 39.9 Å². The molecule has 1 aliphatic heterocycles. The third-order valence-electron chi connectivity index (χ3n) is 4.03. The maximum atomic E-state index is 12.6. The van der Waals surface area contributed by atoms with Crippen molar-refractivity contribution in [1.82, 2.24) is 10.2 Å². The van der Waals surface area contributed by atoms with E-state index in [1.807, 2.05) is 18.2 Å². The van der Waals surface area contributed by atoms with E-state index >= 15 is 0 Å². The number of urea groups is 1. The lowest BCUT2D eigenvalue weighted by atomic mass is 10.1. The van der Waals surface area contributed by atoms with Gasteiger partial charge < -0.3 is 0 Å². The van der Waals surface area contributed by atoms with Gasteiger partial charge in [0.05, 0.1) is 0 Å². The molecule has 2 aliphatic rings. The van der Waals surface area contributed by atoms with Gasteiger partial charge in [0, 0.05) is 10.5 Å². The molecule has 1 heterocycles. The summed E-state index contributed by atoms with van der Waals surface area (Å²) < 4.78 is 0.785. The fourth-order valence-electron chi connectivity index (χ4n) is 2.91. The molecule has 0 bridgehead atoms. The zero-order valence-corrected chi connectivity index (χ0v) is 13.4. The lowest BCUT2D eigenvalue weighted by molar-refractivity contribution is -0.131. The summed E-state index contributed by atoms with van der Waals surface area (Å²) in [7, 11) is 0. The van der Waals surface area contributed by atoms with Gasteiger partial charge in [-0.25, -0.2) is 4.79 Å². The SMILES string of the molecule is O=C1NC(=O)N(C2CCCC2)C(=O)/C1=C/c1ccccc1Br. The predicted octanol–water partition coefficient (Wildman–Crippen LogP) is 2.85. The largest absolute Gasteiger partial charge is 0.331 e. The topological polar surface area (TPSA) is 66.5 Å². The van der Waals surface area contributed by atoms with Crippen molar-refractivity contribution in [1.29, 1.82) is 0 Å². The summed E-state index contributed by atoms with van der Waals surface area (Å²) in [6.45, 7) is 0. The lowest BCUT2D eigenvalue weighted by Crippen LogP contribution is -2.57. The Morgan fingerprint density at radius 1 is 1.14 bits per heavy atom. The molecule has 1 N–H and O–H groups in total. The van der Waals surface area contributed by atoms with Gasteiger partial charge in [-0.3, -0.25) is 19.8 Å². The molecule has 1 aliphatic carbocycles. The minimum Gasteiger partial charge on any atom is -0.273 e. The Balaban J connectivity index is 1.96. The molecule has 0 unspecified atom stereocenters. The number of amides is 4. The monoisotopic (exact) mass is 362 g/mol. The molecule has 2 fully saturated rings. The molecule has 3 rings (SSSR count). The standard InChI is InChI=1S/C16H15BrN2O3/c17-13-8-4-1-5-10(13)9-12-14(20)18-16(22)19(15(12)21)11-6-2-3-7-11/h1,4-5,8-9,11H,2-3,6-7H2,(H,18,20,22)/b12-9+. The van der Waals surface area contributed by atoms with E-state index in [9.17, 15) is 14.4 Å². The number of halogens is 1. The first kappa shape index (κ1) is 15.0. The summed E-state index contributed by atoms with van der Waals surface area (Å²) >= 11 is 3.39. The molecule has 0 spiro atoms. The zero-order chi connectivity index (χ0) is 15.7. The van der Waals surface area contributed by atoms with Crippen molar-refractivity contribution in [3.05, 3.63) is 39.9 Å². The van der Waals surface area contributed by atoms with Crippen LogP contribution in [0.3, 0.4) is 0 Å². The van der Waals surface area contributed by atoms with Gasteiger partial charge in [0.15, 0.2) is 0 Å². The summed E-state index contributed by atoms with van der Waals surface area (Å²) in [5, 5.41) is 2.27. The number of imide groups is 2. The summed E-state index contributed by atoms with van der Waals surface area (Å²) in [4.78, 5) is 37.8. The lowest BCUT2D eigenvalue weighted by Gasteiger charge is -2.31. The second-order valence-electron chi connectivity index (χ2n) is 5.45. The van der Waals surface area contributed by atoms with Gasteiger partial charge in [0.25, 0.3) is 11.8 Å². The first-order valence-corrected chi connectivity index (χ1v) is 8.02. The summed E-state index contributed by atoms with van der Waals surface area (Å²) in [5.41, 5.74) is 0.722. The van der Waals surface area contributed by atoms with Crippen molar-refractivity contribution in [2.24, 2.45) is 0 Å². The van der Waals surface area contributed by atoms with Crippen LogP contribution in [-0.2, 0) is 9.59 Å². The Morgan fingerprint density at radius 2 is 1.82 bits per heavy atom. The van der Waals surface area contributed by atoms with E-state index in [2.05, 4.69) is 21.2 Å². The quantitative estimate of drug-likeness (QED) is 0.649.